The second-order valence-electron chi connectivity index (χ2n) is 8.24. The number of benzene rings is 2. The van der Waals surface area contributed by atoms with E-state index in [9.17, 15) is 4.79 Å². The molecule has 0 radical (unpaired) electrons. The van der Waals surface area contributed by atoms with Crippen LogP contribution < -0.4 is 14.2 Å². The topological polar surface area (TPSA) is 54.0 Å². The summed E-state index contributed by atoms with van der Waals surface area (Å²) in [5.41, 5.74) is 5.38. The van der Waals surface area contributed by atoms with Gasteiger partial charge in [0.1, 0.15) is 6.61 Å². The first kappa shape index (κ1) is 23.3. The molecule has 0 unspecified atom stereocenters. The van der Waals surface area contributed by atoms with E-state index in [1.165, 1.54) is 11.6 Å². The van der Waals surface area contributed by atoms with Gasteiger partial charge in [0.15, 0.2) is 11.5 Å². The van der Waals surface area contributed by atoms with Gasteiger partial charge in [-0.2, -0.15) is 0 Å². The predicted molar refractivity (Wildman–Crippen MR) is 120 cm³/mol. The molecule has 5 nitrogen and oxygen atoms in total. The van der Waals surface area contributed by atoms with Crippen molar-refractivity contribution in [2.24, 2.45) is 0 Å². The van der Waals surface area contributed by atoms with Gasteiger partial charge in [-0.25, -0.2) is 4.79 Å². The first-order chi connectivity index (χ1) is 14.1. The SMILES string of the molecule is COc1cc(/C=C/C(=O)OCc2c(C)cc(C(C)(C)C)cc2C)cc(OC)c1OC. The first-order valence-electron chi connectivity index (χ1n) is 9.86. The molecule has 0 heterocycles. The third kappa shape index (κ3) is 5.56. The normalized spacial score (nSPS) is 11.5. The lowest BCUT2D eigenvalue weighted by Gasteiger charge is -2.22. The molecule has 0 aromatic heterocycles. The zero-order valence-electron chi connectivity index (χ0n) is 19.2. The molecule has 0 N–H and O–H groups in total. The van der Waals surface area contributed by atoms with E-state index in [0.717, 1.165) is 22.3 Å². The minimum absolute atomic E-state index is 0.0773. The van der Waals surface area contributed by atoms with E-state index in [1.54, 1.807) is 39.5 Å². The van der Waals surface area contributed by atoms with Crippen molar-refractivity contribution in [1.29, 1.82) is 0 Å². The highest BCUT2D eigenvalue weighted by atomic mass is 16.5. The highest BCUT2D eigenvalue weighted by Crippen LogP contribution is 2.38. The average molecular weight is 413 g/mol. The Morgan fingerprint density at radius 3 is 1.87 bits per heavy atom. The second kappa shape index (κ2) is 9.70. The number of esters is 1. The number of carbonyl (C=O) groups is 1. The Hall–Kier alpha value is -2.95. The van der Waals surface area contributed by atoms with Gasteiger partial charge in [0.25, 0.3) is 0 Å². The summed E-state index contributed by atoms with van der Waals surface area (Å²) >= 11 is 0. The van der Waals surface area contributed by atoms with Crippen molar-refractivity contribution in [3.63, 3.8) is 0 Å². The number of hydrogen-bond acceptors (Lipinski definition) is 5. The Labute approximate surface area is 179 Å². The van der Waals surface area contributed by atoms with Gasteiger partial charge in [0.2, 0.25) is 5.75 Å². The maximum Gasteiger partial charge on any atom is 0.331 e. The van der Waals surface area contributed by atoms with E-state index < -0.39 is 5.97 Å². The van der Waals surface area contributed by atoms with Gasteiger partial charge in [-0.3, -0.25) is 0 Å². The molecule has 0 fully saturated rings. The molecule has 162 valence electrons. The predicted octanol–water partition coefficient (Wildman–Crippen LogP) is 5.38. The van der Waals surface area contributed by atoms with Gasteiger partial charge in [-0.05, 0) is 65.3 Å². The Kier molecular flexibility index (Phi) is 7.54. The third-order valence-electron chi connectivity index (χ3n) is 5.02. The summed E-state index contributed by atoms with van der Waals surface area (Å²) in [4.78, 5) is 12.3. The van der Waals surface area contributed by atoms with Gasteiger partial charge < -0.3 is 18.9 Å². The van der Waals surface area contributed by atoms with E-state index in [0.29, 0.717) is 17.2 Å². The minimum atomic E-state index is -0.414. The molecule has 2 rings (SSSR count). The molecule has 2 aromatic rings. The fourth-order valence-corrected chi connectivity index (χ4v) is 3.21. The van der Waals surface area contributed by atoms with Gasteiger partial charge in [0, 0.05) is 6.08 Å². The zero-order valence-corrected chi connectivity index (χ0v) is 19.2. The van der Waals surface area contributed by atoms with Crippen LogP contribution in [0.25, 0.3) is 6.08 Å². The highest BCUT2D eigenvalue weighted by molar-refractivity contribution is 5.87. The quantitative estimate of drug-likeness (QED) is 0.451. The molecule has 5 heteroatoms. The maximum absolute atomic E-state index is 12.3. The number of ether oxygens (including phenoxy) is 4. The monoisotopic (exact) mass is 412 g/mol. The molecule has 0 bridgehead atoms. The first-order valence-corrected chi connectivity index (χ1v) is 9.86. The van der Waals surface area contributed by atoms with Crippen LogP contribution in [-0.2, 0) is 21.6 Å². The zero-order chi connectivity index (χ0) is 22.5. The van der Waals surface area contributed by atoms with Crippen LogP contribution >= 0.6 is 0 Å². The van der Waals surface area contributed by atoms with Crippen LogP contribution in [-0.4, -0.2) is 27.3 Å². The number of hydrogen-bond donors (Lipinski definition) is 0. The van der Waals surface area contributed by atoms with E-state index in [1.807, 2.05) is 0 Å². The largest absolute Gasteiger partial charge is 0.493 e. The Morgan fingerprint density at radius 2 is 1.43 bits per heavy atom. The third-order valence-corrected chi connectivity index (χ3v) is 5.02. The molecule has 0 spiro atoms. The lowest BCUT2D eigenvalue weighted by Crippen LogP contribution is -2.13. The Morgan fingerprint density at radius 1 is 0.900 bits per heavy atom. The van der Waals surface area contributed by atoms with Crippen LogP contribution in [0.1, 0.15) is 48.6 Å². The van der Waals surface area contributed by atoms with Crippen molar-refractivity contribution in [3.05, 3.63) is 58.2 Å². The van der Waals surface area contributed by atoms with E-state index in [-0.39, 0.29) is 12.0 Å². The molecule has 0 aliphatic carbocycles. The smallest absolute Gasteiger partial charge is 0.331 e. The molecule has 0 atom stereocenters. The van der Waals surface area contributed by atoms with Crippen molar-refractivity contribution in [2.75, 3.05) is 21.3 Å². The molecule has 2 aromatic carbocycles. The summed E-state index contributed by atoms with van der Waals surface area (Å²) in [6.07, 6.45) is 3.06. The van der Waals surface area contributed by atoms with E-state index in [2.05, 4.69) is 46.8 Å². The summed E-state index contributed by atoms with van der Waals surface area (Å²) in [6.45, 7) is 10.9. The van der Waals surface area contributed by atoms with Crippen LogP contribution in [0.5, 0.6) is 17.2 Å². The van der Waals surface area contributed by atoms with Crippen LogP contribution in [0.4, 0.5) is 0 Å². The standard InChI is InChI=1S/C25H32O5/c1-16-11-19(25(3,4)5)12-17(2)20(16)15-30-23(26)10-9-18-13-21(27-6)24(29-8)22(14-18)28-7/h9-14H,15H2,1-8H3/b10-9+. The number of carbonyl (C=O) groups excluding carboxylic acids is 1. The van der Waals surface area contributed by atoms with Crippen molar-refractivity contribution < 1.29 is 23.7 Å². The molecule has 0 saturated carbocycles. The summed E-state index contributed by atoms with van der Waals surface area (Å²) in [7, 11) is 4.65. The minimum Gasteiger partial charge on any atom is -0.493 e. The second-order valence-corrected chi connectivity index (χ2v) is 8.24. The van der Waals surface area contributed by atoms with Gasteiger partial charge in [-0.15, -0.1) is 0 Å². The highest BCUT2D eigenvalue weighted by Gasteiger charge is 2.17. The van der Waals surface area contributed by atoms with Gasteiger partial charge in [-0.1, -0.05) is 32.9 Å². The van der Waals surface area contributed by atoms with Gasteiger partial charge >= 0.3 is 5.97 Å². The fraction of sp³-hybridized carbons (Fsp3) is 0.400. The summed E-state index contributed by atoms with van der Waals surface area (Å²) in [5.74, 6) is 1.14. The molecule has 0 saturated heterocycles. The average Bonchev–Trinajstić information content (AvgIpc) is 2.69. The lowest BCUT2D eigenvalue weighted by atomic mass is 9.84. The van der Waals surface area contributed by atoms with Crippen LogP contribution in [0.15, 0.2) is 30.3 Å². The van der Waals surface area contributed by atoms with Crippen LogP contribution in [0.2, 0.25) is 0 Å². The molecule has 0 amide bonds. The van der Waals surface area contributed by atoms with Gasteiger partial charge in [0.05, 0.1) is 21.3 Å². The fourth-order valence-electron chi connectivity index (χ4n) is 3.21. The summed E-state index contributed by atoms with van der Waals surface area (Å²) in [6, 6.07) is 7.87. The molecular formula is C25H32O5. The van der Waals surface area contributed by atoms with E-state index >= 15 is 0 Å². The lowest BCUT2D eigenvalue weighted by molar-refractivity contribution is -0.138. The maximum atomic E-state index is 12.3. The molecule has 0 aliphatic rings. The number of rotatable bonds is 7. The van der Waals surface area contributed by atoms with Crippen LogP contribution in [0, 0.1) is 13.8 Å². The number of aryl methyl sites for hydroxylation is 2. The van der Waals surface area contributed by atoms with Crippen molar-refractivity contribution >= 4 is 12.0 Å². The Bertz CT molecular complexity index is 887. The molecular weight excluding hydrogens is 380 g/mol. The molecule has 30 heavy (non-hydrogen) atoms. The summed E-state index contributed by atoms with van der Waals surface area (Å²) < 4.78 is 21.5. The number of methoxy groups -OCH3 is 3. The van der Waals surface area contributed by atoms with Crippen molar-refractivity contribution in [3.8, 4) is 17.2 Å². The summed E-state index contributed by atoms with van der Waals surface area (Å²) in [5, 5.41) is 0. The van der Waals surface area contributed by atoms with Crippen molar-refractivity contribution in [2.45, 2.75) is 46.6 Å². The van der Waals surface area contributed by atoms with Crippen molar-refractivity contribution in [1.82, 2.24) is 0 Å². The molecule has 0 aliphatic heterocycles. The van der Waals surface area contributed by atoms with Crippen LogP contribution in [0.3, 0.4) is 0 Å². The Balaban J connectivity index is 2.13. The van der Waals surface area contributed by atoms with E-state index in [4.69, 9.17) is 18.9 Å².